The number of carboxylic acid groups (broad SMARTS) is 1. The van der Waals surface area contributed by atoms with Crippen molar-refractivity contribution in [2.75, 3.05) is 0 Å². The van der Waals surface area contributed by atoms with Crippen molar-refractivity contribution in [2.24, 2.45) is 0 Å². The summed E-state index contributed by atoms with van der Waals surface area (Å²) in [6.45, 7) is 0. The molecule has 0 aliphatic carbocycles. The molecule has 0 atom stereocenters. The SMILES string of the molecule is O=C(O)c1ccc(SCc2ccc(Br)cc2)o1. The average Bonchev–Trinajstić information content (AvgIpc) is 2.77. The molecule has 0 bridgehead atoms. The number of halogens is 1. The van der Waals surface area contributed by atoms with Crippen LogP contribution in [0, 0.1) is 0 Å². The lowest BCUT2D eigenvalue weighted by molar-refractivity contribution is 0.0656. The normalized spacial score (nSPS) is 10.4. The summed E-state index contributed by atoms with van der Waals surface area (Å²) in [4.78, 5) is 10.6. The summed E-state index contributed by atoms with van der Waals surface area (Å²) in [7, 11) is 0. The highest BCUT2D eigenvalue weighted by Gasteiger charge is 2.09. The summed E-state index contributed by atoms with van der Waals surface area (Å²) in [6, 6.07) is 11.1. The number of carboxylic acids is 1. The van der Waals surface area contributed by atoms with Gasteiger partial charge in [-0.1, -0.05) is 39.8 Å². The number of aromatic carboxylic acids is 1. The fraction of sp³-hybridized carbons (Fsp3) is 0.0833. The zero-order valence-corrected chi connectivity index (χ0v) is 11.1. The van der Waals surface area contributed by atoms with E-state index in [9.17, 15) is 4.79 Å². The number of thioether (sulfide) groups is 1. The van der Waals surface area contributed by atoms with Gasteiger partial charge in [-0.05, 0) is 29.8 Å². The molecule has 1 heterocycles. The molecule has 0 unspecified atom stereocenters. The van der Waals surface area contributed by atoms with E-state index in [2.05, 4.69) is 15.9 Å². The Hall–Kier alpha value is -1.20. The van der Waals surface area contributed by atoms with E-state index in [-0.39, 0.29) is 5.76 Å². The number of furan rings is 1. The molecule has 1 aromatic carbocycles. The van der Waals surface area contributed by atoms with Gasteiger partial charge in [-0.3, -0.25) is 0 Å². The van der Waals surface area contributed by atoms with Crippen molar-refractivity contribution >= 4 is 33.7 Å². The van der Waals surface area contributed by atoms with Gasteiger partial charge in [-0.2, -0.15) is 0 Å². The number of hydrogen-bond acceptors (Lipinski definition) is 3. The minimum Gasteiger partial charge on any atom is -0.475 e. The lowest BCUT2D eigenvalue weighted by Gasteiger charge is -1.99. The first-order valence-corrected chi connectivity index (χ1v) is 6.63. The first kappa shape index (κ1) is 12.3. The first-order chi connectivity index (χ1) is 8.15. The molecule has 0 radical (unpaired) electrons. The molecule has 0 aliphatic rings. The van der Waals surface area contributed by atoms with Gasteiger partial charge in [0.05, 0.1) is 0 Å². The van der Waals surface area contributed by atoms with Crippen LogP contribution in [0.2, 0.25) is 0 Å². The fourth-order valence-electron chi connectivity index (χ4n) is 1.25. The van der Waals surface area contributed by atoms with E-state index >= 15 is 0 Å². The van der Waals surface area contributed by atoms with Crippen LogP contribution in [0.3, 0.4) is 0 Å². The summed E-state index contributed by atoms with van der Waals surface area (Å²) in [5.41, 5.74) is 1.16. The second kappa shape index (κ2) is 5.42. The standard InChI is InChI=1S/C12H9BrO3S/c13-9-3-1-8(2-4-9)7-17-11-6-5-10(16-11)12(14)15/h1-6H,7H2,(H,14,15). The van der Waals surface area contributed by atoms with Gasteiger partial charge in [-0.15, -0.1) is 0 Å². The topological polar surface area (TPSA) is 50.4 Å². The molecule has 0 saturated heterocycles. The fourth-order valence-corrected chi connectivity index (χ4v) is 2.33. The van der Waals surface area contributed by atoms with E-state index in [0.29, 0.717) is 5.09 Å². The monoisotopic (exact) mass is 312 g/mol. The van der Waals surface area contributed by atoms with E-state index in [1.54, 1.807) is 6.07 Å². The molecule has 3 nitrogen and oxygen atoms in total. The second-order valence-corrected chi connectivity index (χ2v) is 5.23. The molecule has 0 amide bonds. The molecular formula is C12H9BrO3S. The average molecular weight is 313 g/mol. The van der Waals surface area contributed by atoms with E-state index in [4.69, 9.17) is 9.52 Å². The molecule has 0 saturated carbocycles. The minimum absolute atomic E-state index is 0.0247. The van der Waals surface area contributed by atoms with Crippen LogP contribution in [0.15, 0.2) is 50.4 Å². The molecule has 0 fully saturated rings. The maximum atomic E-state index is 10.6. The third-order valence-corrected chi connectivity index (χ3v) is 3.60. The number of benzene rings is 1. The maximum Gasteiger partial charge on any atom is 0.371 e. The summed E-state index contributed by atoms with van der Waals surface area (Å²) in [6.07, 6.45) is 0. The van der Waals surface area contributed by atoms with Crippen molar-refractivity contribution in [3.8, 4) is 0 Å². The smallest absolute Gasteiger partial charge is 0.371 e. The highest BCUT2D eigenvalue weighted by atomic mass is 79.9. The molecule has 2 aromatic rings. The van der Waals surface area contributed by atoms with Crippen molar-refractivity contribution in [3.63, 3.8) is 0 Å². The Morgan fingerprint density at radius 2 is 1.94 bits per heavy atom. The molecule has 88 valence electrons. The molecule has 0 aliphatic heterocycles. The second-order valence-electron chi connectivity index (χ2n) is 3.34. The third-order valence-electron chi connectivity index (χ3n) is 2.09. The summed E-state index contributed by atoms with van der Waals surface area (Å²) >= 11 is 4.84. The minimum atomic E-state index is -1.04. The van der Waals surface area contributed by atoms with Crippen molar-refractivity contribution < 1.29 is 14.3 Å². The van der Waals surface area contributed by atoms with Crippen LogP contribution in [0.5, 0.6) is 0 Å². The van der Waals surface area contributed by atoms with Crippen LogP contribution in [0.4, 0.5) is 0 Å². The van der Waals surface area contributed by atoms with Gasteiger partial charge in [-0.25, -0.2) is 4.79 Å². The van der Waals surface area contributed by atoms with Crippen molar-refractivity contribution in [1.29, 1.82) is 0 Å². The van der Waals surface area contributed by atoms with Crippen LogP contribution >= 0.6 is 27.7 Å². The van der Waals surface area contributed by atoms with Gasteiger partial charge in [0.1, 0.15) is 0 Å². The molecule has 17 heavy (non-hydrogen) atoms. The zero-order valence-electron chi connectivity index (χ0n) is 8.72. The Morgan fingerprint density at radius 3 is 2.53 bits per heavy atom. The summed E-state index contributed by atoms with van der Waals surface area (Å²) in [5.74, 6) is -0.316. The molecule has 2 rings (SSSR count). The summed E-state index contributed by atoms with van der Waals surface area (Å²) < 4.78 is 6.18. The number of rotatable bonds is 4. The molecule has 1 aromatic heterocycles. The van der Waals surface area contributed by atoms with E-state index in [1.807, 2.05) is 24.3 Å². The van der Waals surface area contributed by atoms with Crippen LogP contribution in [-0.4, -0.2) is 11.1 Å². The van der Waals surface area contributed by atoms with Crippen molar-refractivity contribution in [3.05, 3.63) is 52.2 Å². The Balaban J connectivity index is 1.97. The zero-order chi connectivity index (χ0) is 12.3. The Labute approximate surface area is 111 Å². The quantitative estimate of drug-likeness (QED) is 0.866. The molecule has 0 spiro atoms. The van der Waals surface area contributed by atoms with Crippen LogP contribution < -0.4 is 0 Å². The third kappa shape index (κ3) is 3.38. The predicted molar refractivity (Wildman–Crippen MR) is 69.4 cm³/mol. The molecule has 1 N–H and O–H groups in total. The van der Waals surface area contributed by atoms with Gasteiger partial charge in [0.25, 0.3) is 0 Å². The predicted octanol–water partition coefficient (Wildman–Crippen LogP) is 4.03. The summed E-state index contributed by atoms with van der Waals surface area (Å²) in [5, 5.41) is 9.32. The highest BCUT2D eigenvalue weighted by molar-refractivity contribution is 9.10. The van der Waals surface area contributed by atoms with Crippen molar-refractivity contribution in [1.82, 2.24) is 0 Å². The largest absolute Gasteiger partial charge is 0.475 e. The van der Waals surface area contributed by atoms with Crippen molar-refractivity contribution in [2.45, 2.75) is 10.8 Å². The van der Waals surface area contributed by atoms with Crippen LogP contribution in [0.25, 0.3) is 0 Å². The Morgan fingerprint density at radius 1 is 1.24 bits per heavy atom. The highest BCUT2D eigenvalue weighted by Crippen LogP contribution is 2.25. The van der Waals surface area contributed by atoms with E-state index in [1.165, 1.54) is 17.8 Å². The van der Waals surface area contributed by atoms with Crippen LogP contribution in [-0.2, 0) is 5.75 Å². The Kier molecular flexibility index (Phi) is 3.91. The first-order valence-electron chi connectivity index (χ1n) is 4.85. The maximum absolute atomic E-state index is 10.6. The van der Waals surface area contributed by atoms with Gasteiger partial charge < -0.3 is 9.52 Å². The number of hydrogen-bond donors (Lipinski definition) is 1. The lowest BCUT2D eigenvalue weighted by atomic mass is 10.2. The van der Waals surface area contributed by atoms with E-state index in [0.717, 1.165) is 15.8 Å². The van der Waals surface area contributed by atoms with Crippen LogP contribution in [0.1, 0.15) is 16.1 Å². The Bertz CT molecular complexity index is 519. The number of carbonyl (C=O) groups is 1. The van der Waals surface area contributed by atoms with Gasteiger partial charge in [0.15, 0.2) is 5.09 Å². The molecular weight excluding hydrogens is 304 g/mol. The van der Waals surface area contributed by atoms with E-state index < -0.39 is 5.97 Å². The lowest BCUT2D eigenvalue weighted by Crippen LogP contribution is -1.91. The van der Waals surface area contributed by atoms with Gasteiger partial charge in [0.2, 0.25) is 5.76 Å². The van der Waals surface area contributed by atoms with Gasteiger partial charge in [0, 0.05) is 10.2 Å². The van der Waals surface area contributed by atoms with Gasteiger partial charge >= 0.3 is 5.97 Å². The molecule has 5 heteroatoms.